The van der Waals surface area contributed by atoms with Gasteiger partial charge >= 0.3 is 0 Å². The molecule has 2 saturated heterocycles. The predicted octanol–water partition coefficient (Wildman–Crippen LogP) is 2.65. The summed E-state index contributed by atoms with van der Waals surface area (Å²) < 4.78 is 0. The minimum absolute atomic E-state index is 0. The summed E-state index contributed by atoms with van der Waals surface area (Å²) in [5, 5.41) is 0. The number of likely N-dealkylation sites (tertiary alicyclic amines) is 2. The summed E-state index contributed by atoms with van der Waals surface area (Å²) in [4.78, 5) is 29.3. The summed E-state index contributed by atoms with van der Waals surface area (Å²) in [5.41, 5.74) is 7.24. The highest BCUT2D eigenvalue weighted by molar-refractivity contribution is 5.89. The number of nitrogens with two attached hydrogens (primary N) is 1. The summed E-state index contributed by atoms with van der Waals surface area (Å²) in [6.07, 6.45) is 2.39. The summed E-state index contributed by atoms with van der Waals surface area (Å²) >= 11 is 0. The summed E-state index contributed by atoms with van der Waals surface area (Å²) in [6.45, 7) is 6.76. The maximum Gasteiger partial charge on any atom is 0.228 e. The third-order valence-electron chi connectivity index (χ3n) is 6.03. The number of amides is 2. The van der Waals surface area contributed by atoms with Crippen molar-refractivity contribution in [3.8, 4) is 0 Å². The van der Waals surface area contributed by atoms with Crippen molar-refractivity contribution in [2.24, 2.45) is 17.6 Å². The van der Waals surface area contributed by atoms with Crippen LogP contribution in [-0.2, 0) is 9.59 Å². The fourth-order valence-corrected chi connectivity index (χ4v) is 4.52. The van der Waals surface area contributed by atoms with Gasteiger partial charge in [-0.25, -0.2) is 0 Å². The highest BCUT2D eigenvalue weighted by Gasteiger charge is 2.42. The molecule has 0 saturated carbocycles. The monoisotopic (exact) mass is 393 g/mol. The molecule has 1 aromatic carbocycles. The normalized spacial score (nSPS) is 26.2. The van der Waals surface area contributed by atoms with Crippen LogP contribution >= 0.6 is 12.4 Å². The number of halogens is 1. The Bertz CT molecular complexity index is 640. The van der Waals surface area contributed by atoms with Gasteiger partial charge in [-0.1, -0.05) is 43.7 Å². The molecule has 3 rings (SSSR count). The van der Waals surface area contributed by atoms with Crippen LogP contribution in [0.1, 0.15) is 44.6 Å². The van der Waals surface area contributed by atoms with Crippen molar-refractivity contribution >= 4 is 24.2 Å². The number of hydrogen-bond donors (Lipinski definition) is 1. The van der Waals surface area contributed by atoms with Crippen molar-refractivity contribution in [2.75, 3.05) is 26.2 Å². The Labute approximate surface area is 168 Å². The largest absolute Gasteiger partial charge is 0.341 e. The Morgan fingerprint density at radius 2 is 1.93 bits per heavy atom. The van der Waals surface area contributed by atoms with E-state index in [-0.39, 0.29) is 48.0 Å². The Morgan fingerprint density at radius 3 is 2.56 bits per heavy atom. The zero-order valence-corrected chi connectivity index (χ0v) is 17.2. The average Bonchev–Trinajstić information content (AvgIpc) is 3.26. The van der Waals surface area contributed by atoms with E-state index in [4.69, 9.17) is 5.73 Å². The second-order valence-corrected chi connectivity index (χ2v) is 7.84. The molecule has 0 spiro atoms. The van der Waals surface area contributed by atoms with E-state index in [0.29, 0.717) is 32.6 Å². The third-order valence-corrected chi connectivity index (χ3v) is 6.03. The van der Waals surface area contributed by atoms with Crippen LogP contribution in [-0.4, -0.2) is 53.8 Å². The van der Waals surface area contributed by atoms with Crippen LogP contribution < -0.4 is 5.73 Å². The topological polar surface area (TPSA) is 66.6 Å². The van der Waals surface area contributed by atoms with E-state index in [1.807, 2.05) is 28.0 Å². The Morgan fingerprint density at radius 1 is 1.22 bits per heavy atom. The number of carbonyl (C=O) groups is 2. The molecule has 2 heterocycles. The third kappa shape index (κ3) is 4.64. The molecular formula is C21H32ClN3O2. The molecule has 2 unspecified atom stereocenters. The van der Waals surface area contributed by atoms with Crippen LogP contribution in [0.5, 0.6) is 0 Å². The Balaban J connectivity index is 0.00000261. The van der Waals surface area contributed by atoms with Crippen molar-refractivity contribution in [1.82, 2.24) is 9.80 Å². The molecule has 0 aromatic heterocycles. The molecule has 0 aliphatic carbocycles. The second kappa shape index (κ2) is 9.56. The summed E-state index contributed by atoms with van der Waals surface area (Å²) in [5.74, 6) is 0.626. The molecule has 5 nitrogen and oxygen atoms in total. The number of nitrogens with zero attached hydrogens (tertiary/aromatic N) is 2. The van der Waals surface area contributed by atoms with Gasteiger partial charge in [0.05, 0.1) is 5.92 Å². The molecular weight excluding hydrogens is 362 g/mol. The molecule has 27 heavy (non-hydrogen) atoms. The lowest BCUT2D eigenvalue weighted by atomic mass is 9.89. The first kappa shape index (κ1) is 21.7. The quantitative estimate of drug-likeness (QED) is 0.807. The molecule has 2 N–H and O–H groups in total. The first-order chi connectivity index (χ1) is 12.5. The molecule has 150 valence electrons. The zero-order chi connectivity index (χ0) is 18.7. The molecule has 4 atom stereocenters. The van der Waals surface area contributed by atoms with Crippen molar-refractivity contribution < 1.29 is 9.59 Å². The lowest BCUT2D eigenvalue weighted by molar-refractivity contribution is -0.135. The van der Waals surface area contributed by atoms with Gasteiger partial charge in [0.25, 0.3) is 0 Å². The van der Waals surface area contributed by atoms with Gasteiger partial charge in [-0.3, -0.25) is 9.59 Å². The van der Waals surface area contributed by atoms with Gasteiger partial charge in [0, 0.05) is 38.0 Å². The van der Waals surface area contributed by atoms with E-state index in [9.17, 15) is 9.59 Å². The maximum atomic E-state index is 13.1. The number of hydrogen-bond acceptors (Lipinski definition) is 3. The number of benzene rings is 1. The molecule has 2 aliphatic rings. The van der Waals surface area contributed by atoms with Gasteiger partial charge in [0.1, 0.15) is 0 Å². The molecule has 6 heteroatoms. The molecule has 2 aliphatic heterocycles. The van der Waals surface area contributed by atoms with Crippen LogP contribution in [0.3, 0.4) is 0 Å². The lowest BCUT2D eigenvalue weighted by Gasteiger charge is -2.25. The average molecular weight is 394 g/mol. The fraction of sp³-hybridized carbons (Fsp3) is 0.619. The Hall–Kier alpha value is -1.59. The van der Waals surface area contributed by atoms with Gasteiger partial charge in [-0.15, -0.1) is 12.4 Å². The van der Waals surface area contributed by atoms with E-state index < -0.39 is 0 Å². The molecule has 2 fully saturated rings. The van der Waals surface area contributed by atoms with E-state index >= 15 is 0 Å². The van der Waals surface area contributed by atoms with Gasteiger partial charge in [-0.2, -0.15) is 0 Å². The standard InChI is InChI=1S/C21H31N3O2.ClH/c1-3-7-15(2)24-13-17(10-20(24)25)21(26)23-12-18(11-22)19(14-23)16-8-5-4-6-9-16;/h4-6,8-9,15,17-19H,3,7,10-14,22H2,1-2H3;1H/t15?,17?,18-,19+;/m1./s1. The van der Waals surface area contributed by atoms with E-state index in [0.717, 1.165) is 12.8 Å². The zero-order valence-electron chi connectivity index (χ0n) is 16.3. The van der Waals surface area contributed by atoms with Crippen molar-refractivity contribution in [3.05, 3.63) is 35.9 Å². The minimum atomic E-state index is -0.199. The van der Waals surface area contributed by atoms with Crippen LogP contribution in [0, 0.1) is 11.8 Å². The van der Waals surface area contributed by atoms with Crippen LogP contribution in [0.4, 0.5) is 0 Å². The number of rotatable bonds is 6. The summed E-state index contributed by atoms with van der Waals surface area (Å²) in [6, 6.07) is 10.5. The highest BCUT2D eigenvalue weighted by Crippen LogP contribution is 2.34. The Kier molecular flexibility index (Phi) is 7.68. The SMILES string of the molecule is CCCC(C)N1CC(C(=O)N2C[C@@H](CN)[C@H](c3ccccc3)C2)CC1=O.Cl. The summed E-state index contributed by atoms with van der Waals surface area (Å²) in [7, 11) is 0. The van der Waals surface area contributed by atoms with E-state index in [1.54, 1.807) is 0 Å². The highest BCUT2D eigenvalue weighted by atomic mass is 35.5. The van der Waals surface area contributed by atoms with Gasteiger partial charge < -0.3 is 15.5 Å². The van der Waals surface area contributed by atoms with Crippen molar-refractivity contribution in [1.29, 1.82) is 0 Å². The van der Waals surface area contributed by atoms with Crippen molar-refractivity contribution in [2.45, 2.75) is 45.1 Å². The fourth-order valence-electron chi connectivity index (χ4n) is 4.52. The maximum absolute atomic E-state index is 13.1. The first-order valence-electron chi connectivity index (χ1n) is 9.88. The number of carbonyl (C=O) groups excluding carboxylic acids is 2. The van der Waals surface area contributed by atoms with E-state index in [1.165, 1.54) is 5.56 Å². The van der Waals surface area contributed by atoms with E-state index in [2.05, 4.69) is 26.0 Å². The van der Waals surface area contributed by atoms with Gasteiger partial charge in [0.15, 0.2) is 0 Å². The van der Waals surface area contributed by atoms with Crippen LogP contribution in [0.2, 0.25) is 0 Å². The molecule has 2 amide bonds. The first-order valence-corrected chi connectivity index (χ1v) is 9.88. The molecule has 1 aromatic rings. The molecule has 0 radical (unpaired) electrons. The van der Waals surface area contributed by atoms with Crippen LogP contribution in [0.25, 0.3) is 0 Å². The second-order valence-electron chi connectivity index (χ2n) is 7.84. The predicted molar refractivity (Wildman–Crippen MR) is 110 cm³/mol. The van der Waals surface area contributed by atoms with Crippen LogP contribution in [0.15, 0.2) is 30.3 Å². The lowest BCUT2D eigenvalue weighted by Crippen LogP contribution is -2.38. The van der Waals surface area contributed by atoms with Crippen molar-refractivity contribution in [3.63, 3.8) is 0 Å². The smallest absolute Gasteiger partial charge is 0.228 e. The molecule has 0 bridgehead atoms. The minimum Gasteiger partial charge on any atom is -0.341 e. The van der Waals surface area contributed by atoms with Gasteiger partial charge in [0.2, 0.25) is 11.8 Å². The van der Waals surface area contributed by atoms with Gasteiger partial charge in [-0.05, 0) is 31.4 Å².